The minimum atomic E-state index is -0.878. The Balaban J connectivity index is 1.09. The molecule has 0 bridgehead atoms. The van der Waals surface area contributed by atoms with Gasteiger partial charge in [-0.3, -0.25) is 14.4 Å². The number of H-pyrrole nitrogens is 1. The van der Waals surface area contributed by atoms with Crippen LogP contribution in [0.3, 0.4) is 0 Å². The monoisotopic (exact) mass is 863 g/mol. The van der Waals surface area contributed by atoms with Crippen LogP contribution in [0, 0.1) is 18.8 Å². The summed E-state index contributed by atoms with van der Waals surface area (Å²) in [5.74, 6) is -0.340. The molecule has 2 heterocycles. The number of likely N-dealkylation sites (tertiary alicyclic amines) is 1. The highest BCUT2D eigenvalue weighted by atomic mass is 16.6. The number of alkyl carbamates (subject to hydrolysis) is 1. The number of aromatic nitrogens is 4. The molecule has 0 spiro atoms. The van der Waals surface area contributed by atoms with Crippen LogP contribution >= 0.6 is 0 Å². The number of rotatable bonds is 12. The van der Waals surface area contributed by atoms with E-state index >= 15 is 0 Å². The van der Waals surface area contributed by atoms with E-state index in [1.807, 2.05) is 90.9 Å². The number of hydrogen-bond donors (Lipinski definition) is 5. The highest BCUT2D eigenvalue weighted by Gasteiger charge is 2.31. The van der Waals surface area contributed by atoms with E-state index < -0.39 is 23.3 Å². The Kier molecular flexibility index (Phi) is 14.8. The van der Waals surface area contributed by atoms with Gasteiger partial charge in [0.15, 0.2) is 0 Å². The van der Waals surface area contributed by atoms with Crippen molar-refractivity contribution in [3.63, 3.8) is 0 Å². The Morgan fingerprint density at radius 3 is 2.08 bits per heavy atom. The van der Waals surface area contributed by atoms with Crippen molar-refractivity contribution in [2.24, 2.45) is 11.8 Å². The zero-order valence-corrected chi connectivity index (χ0v) is 37.4. The third kappa shape index (κ3) is 13.6. The van der Waals surface area contributed by atoms with Crippen molar-refractivity contribution in [3.8, 4) is 22.5 Å². The van der Waals surface area contributed by atoms with E-state index in [1.165, 1.54) is 0 Å². The van der Waals surface area contributed by atoms with E-state index in [4.69, 9.17) is 9.47 Å². The van der Waals surface area contributed by atoms with Crippen LogP contribution in [0.25, 0.3) is 22.5 Å². The minimum Gasteiger partial charge on any atom is -0.444 e. The van der Waals surface area contributed by atoms with Gasteiger partial charge in [-0.1, -0.05) is 30.3 Å². The number of aromatic amines is 1. The van der Waals surface area contributed by atoms with Gasteiger partial charge in [0, 0.05) is 54.8 Å². The largest absolute Gasteiger partial charge is 0.444 e. The maximum absolute atomic E-state index is 13.9. The lowest BCUT2D eigenvalue weighted by Crippen LogP contribution is -2.48. The molecule has 16 nitrogen and oxygen atoms in total. The van der Waals surface area contributed by atoms with Crippen molar-refractivity contribution in [3.05, 3.63) is 83.4 Å². The lowest BCUT2D eigenvalue weighted by molar-refractivity contribution is -0.130. The molecule has 1 saturated carbocycles. The molecule has 1 aliphatic carbocycles. The summed E-state index contributed by atoms with van der Waals surface area (Å²) in [6, 6.07) is 19.5. The summed E-state index contributed by atoms with van der Waals surface area (Å²) < 4.78 is 10.9. The first-order chi connectivity index (χ1) is 29.9. The molecule has 0 unspecified atom stereocenters. The fourth-order valence-electron chi connectivity index (χ4n) is 7.82. The quantitative estimate of drug-likeness (QED) is 0.0988. The average Bonchev–Trinajstić information content (AvgIpc) is 3.78. The second kappa shape index (κ2) is 20.2. The molecule has 6 rings (SSSR count). The van der Waals surface area contributed by atoms with Crippen LogP contribution < -0.4 is 21.3 Å². The van der Waals surface area contributed by atoms with Crippen molar-refractivity contribution < 1.29 is 33.4 Å². The van der Waals surface area contributed by atoms with Gasteiger partial charge in [0.1, 0.15) is 17.2 Å². The van der Waals surface area contributed by atoms with Crippen LogP contribution in [0.2, 0.25) is 0 Å². The molecule has 1 aliphatic heterocycles. The van der Waals surface area contributed by atoms with Gasteiger partial charge >= 0.3 is 12.2 Å². The summed E-state index contributed by atoms with van der Waals surface area (Å²) in [4.78, 5) is 67.6. The number of carbonyl (C=O) groups is 5. The minimum absolute atomic E-state index is 0.0647. The van der Waals surface area contributed by atoms with Gasteiger partial charge in [0.25, 0.3) is 5.91 Å². The number of tetrazole rings is 1. The zero-order chi connectivity index (χ0) is 45.3. The van der Waals surface area contributed by atoms with Crippen molar-refractivity contribution in [1.82, 2.24) is 41.5 Å². The predicted molar refractivity (Wildman–Crippen MR) is 238 cm³/mol. The molecule has 1 atom stereocenters. The SMILES string of the molecule is Cc1ccc(C(=O)NC2CCN(C(=O)OC(C)(C)C)CC2)cc1-c1ccc(C[C@H](NC(=O)[C@H]2CC[C@H](CNC(=O)OC(C)(C)C)CC2)C(=O)Nc2ccc(-c3nn[nH]n3)cc2)cc1. The zero-order valence-electron chi connectivity index (χ0n) is 37.4. The van der Waals surface area contributed by atoms with Crippen LogP contribution in [0.5, 0.6) is 0 Å². The third-order valence-electron chi connectivity index (χ3n) is 11.2. The number of carbonyl (C=O) groups excluding carboxylic acids is 5. The van der Waals surface area contributed by atoms with E-state index in [1.54, 1.807) is 29.2 Å². The lowest BCUT2D eigenvalue weighted by atomic mass is 9.81. The lowest BCUT2D eigenvalue weighted by Gasteiger charge is -2.33. The fourth-order valence-corrected chi connectivity index (χ4v) is 7.82. The highest BCUT2D eigenvalue weighted by molar-refractivity contribution is 5.98. The summed E-state index contributed by atoms with van der Waals surface area (Å²) in [7, 11) is 0. The molecular formula is C47H61N9O7. The Morgan fingerprint density at radius 2 is 1.46 bits per heavy atom. The first kappa shape index (κ1) is 46.2. The van der Waals surface area contributed by atoms with E-state index in [0.717, 1.165) is 40.7 Å². The number of nitrogens with one attached hydrogen (secondary N) is 5. The predicted octanol–water partition coefficient (Wildman–Crippen LogP) is 6.97. The first-order valence-corrected chi connectivity index (χ1v) is 21.8. The molecule has 5 amide bonds. The number of nitrogens with zero attached hydrogens (tertiary/aromatic N) is 4. The van der Waals surface area contributed by atoms with Crippen LogP contribution in [-0.2, 0) is 25.5 Å². The standard InChI is InChI=1S/C47H61N9O7/c1-29-8-13-35(42(58)49-37-22-24-56(25-23-37)45(61)63-47(5,6)7)27-38(29)32-14-9-30(10-15-32)26-39(43(59)50-36-20-18-33(19-21-36)40-52-54-55-53-40)51-41(57)34-16-11-31(12-17-34)28-48-44(60)62-46(2,3)4/h8-10,13-15,18-21,27,31,34,37,39H,11-12,16-17,22-26,28H2,1-7H3,(H,48,60)(H,49,58)(H,50,59)(H,51,57)(H,52,53,54,55)/t31-,34-,39-/m0/s1. The van der Waals surface area contributed by atoms with Crippen molar-refractivity contribution in [2.75, 3.05) is 25.0 Å². The average molecular weight is 864 g/mol. The number of ether oxygens (including phenoxy) is 2. The molecule has 5 N–H and O–H groups in total. The smallest absolute Gasteiger partial charge is 0.410 e. The molecule has 16 heteroatoms. The van der Waals surface area contributed by atoms with Gasteiger partial charge < -0.3 is 35.6 Å². The van der Waals surface area contributed by atoms with Crippen LogP contribution in [0.4, 0.5) is 15.3 Å². The van der Waals surface area contributed by atoms with Crippen LogP contribution in [0.15, 0.2) is 66.7 Å². The van der Waals surface area contributed by atoms with E-state index in [-0.39, 0.29) is 48.1 Å². The van der Waals surface area contributed by atoms with E-state index in [0.29, 0.717) is 62.4 Å². The second-order valence-corrected chi connectivity index (χ2v) is 18.6. The molecule has 4 aromatic rings. The van der Waals surface area contributed by atoms with Crippen LogP contribution in [-0.4, -0.2) is 98.4 Å². The summed E-state index contributed by atoms with van der Waals surface area (Å²) in [6.45, 7) is 14.5. The number of benzene rings is 3. The topological polar surface area (TPSA) is 210 Å². The normalized spacial score (nSPS) is 17.5. The molecule has 63 heavy (non-hydrogen) atoms. The van der Waals surface area contributed by atoms with Gasteiger partial charge in [0.05, 0.1) is 0 Å². The Morgan fingerprint density at radius 1 is 0.810 bits per heavy atom. The molecule has 2 aliphatic rings. The highest BCUT2D eigenvalue weighted by Crippen LogP contribution is 2.30. The Labute approximate surface area is 369 Å². The molecule has 3 aromatic carbocycles. The Hall–Kier alpha value is -6.32. The summed E-state index contributed by atoms with van der Waals surface area (Å²) in [6.07, 6.45) is 3.51. The number of anilines is 1. The molecular weight excluding hydrogens is 803 g/mol. The second-order valence-electron chi connectivity index (χ2n) is 18.6. The Bertz CT molecular complexity index is 2200. The van der Waals surface area contributed by atoms with E-state index in [9.17, 15) is 24.0 Å². The maximum atomic E-state index is 13.9. The van der Waals surface area contributed by atoms with Crippen molar-refractivity contribution in [1.29, 1.82) is 0 Å². The first-order valence-electron chi connectivity index (χ1n) is 21.8. The molecule has 0 radical (unpaired) electrons. The van der Waals surface area contributed by atoms with Crippen molar-refractivity contribution >= 4 is 35.6 Å². The van der Waals surface area contributed by atoms with Gasteiger partial charge in [0.2, 0.25) is 17.6 Å². The van der Waals surface area contributed by atoms with Gasteiger partial charge in [-0.2, -0.15) is 5.21 Å². The summed E-state index contributed by atoms with van der Waals surface area (Å²) in [5, 5.41) is 26.1. The molecule has 2 fully saturated rings. The maximum Gasteiger partial charge on any atom is 0.410 e. The summed E-state index contributed by atoms with van der Waals surface area (Å²) >= 11 is 0. The number of piperidine rings is 1. The summed E-state index contributed by atoms with van der Waals surface area (Å²) in [5.41, 5.74) is 4.30. The van der Waals surface area contributed by atoms with Gasteiger partial charge in [-0.15, -0.1) is 10.2 Å². The number of hydrogen-bond acceptors (Lipinski definition) is 10. The van der Waals surface area contributed by atoms with E-state index in [2.05, 4.69) is 41.9 Å². The van der Waals surface area contributed by atoms with Gasteiger partial charge in [-0.25, -0.2) is 9.59 Å². The molecule has 1 saturated heterocycles. The fraction of sp³-hybridized carbons (Fsp3) is 0.489. The molecule has 336 valence electrons. The third-order valence-corrected chi connectivity index (χ3v) is 11.2. The van der Waals surface area contributed by atoms with Crippen molar-refractivity contribution in [2.45, 2.75) is 117 Å². The molecule has 1 aromatic heterocycles. The number of amides is 5. The number of aryl methyl sites for hydroxylation is 1. The van der Waals surface area contributed by atoms with Crippen LogP contribution in [0.1, 0.15) is 102 Å². The van der Waals surface area contributed by atoms with Gasteiger partial charge in [-0.05, 0) is 157 Å².